The Balaban J connectivity index is 1.24. The number of carbonyl (C=O) groups is 1. The molecule has 2 aliphatic heterocycles. The van der Waals surface area contributed by atoms with Crippen molar-refractivity contribution in [3.8, 4) is 0 Å². The van der Waals surface area contributed by atoms with Crippen LogP contribution in [0.1, 0.15) is 51.4 Å². The van der Waals surface area contributed by atoms with Gasteiger partial charge in [-0.05, 0) is 43.4 Å². The van der Waals surface area contributed by atoms with Gasteiger partial charge >= 0.3 is 0 Å². The van der Waals surface area contributed by atoms with Gasteiger partial charge in [-0.2, -0.15) is 0 Å². The fraction of sp³-hybridized carbons (Fsp3) is 0.950. The molecule has 24 heavy (non-hydrogen) atoms. The number of rotatable bonds is 3. The predicted molar refractivity (Wildman–Crippen MR) is 94.7 cm³/mol. The molecule has 0 bridgehead atoms. The summed E-state index contributed by atoms with van der Waals surface area (Å²) in [4.78, 5) is 17.7. The number of amides is 1. The minimum atomic E-state index is 0.333. The van der Waals surface area contributed by atoms with E-state index in [4.69, 9.17) is 4.74 Å². The van der Waals surface area contributed by atoms with Gasteiger partial charge in [0, 0.05) is 45.2 Å². The third kappa shape index (κ3) is 3.80. The Morgan fingerprint density at radius 2 is 1.71 bits per heavy atom. The van der Waals surface area contributed by atoms with E-state index in [1.807, 2.05) is 0 Å². The van der Waals surface area contributed by atoms with Crippen LogP contribution in [0.25, 0.3) is 0 Å². The van der Waals surface area contributed by atoms with Crippen LogP contribution in [0.5, 0.6) is 0 Å². The van der Waals surface area contributed by atoms with Gasteiger partial charge in [0.1, 0.15) is 0 Å². The normalized spacial score (nSPS) is 38.1. The van der Waals surface area contributed by atoms with Gasteiger partial charge in [0.25, 0.3) is 0 Å². The molecular weight excluding hydrogens is 300 g/mol. The van der Waals surface area contributed by atoms with Gasteiger partial charge in [-0.15, -0.1) is 0 Å². The summed E-state index contributed by atoms with van der Waals surface area (Å²) < 4.78 is 5.49. The van der Waals surface area contributed by atoms with E-state index in [0.29, 0.717) is 17.7 Å². The molecule has 136 valence electrons. The first-order valence-corrected chi connectivity index (χ1v) is 10.4. The van der Waals surface area contributed by atoms with E-state index < -0.39 is 0 Å². The molecule has 0 unspecified atom stereocenters. The van der Waals surface area contributed by atoms with Crippen molar-refractivity contribution in [1.82, 2.24) is 9.80 Å². The molecule has 0 aromatic carbocycles. The average Bonchev–Trinajstić information content (AvgIpc) is 3.14. The Morgan fingerprint density at radius 1 is 0.917 bits per heavy atom. The van der Waals surface area contributed by atoms with E-state index in [1.165, 1.54) is 44.9 Å². The summed E-state index contributed by atoms with van der Waals surface area (Å²) in [5.41, 5.74) is 0. The highest BCUT2D eigenvalue weighted by Gasteiger charge is 2.37. The standard InChI is InChI=1S/C20H34N2O2/c23-20(19-6-5-17-3-1-2-4-18(17)13-19)22-10-8-21(9-11-22)14-16-7-12-24-15-16/h16-19H,1-15H2/t16-,17+,18+,19-/m0/s1. The van der Waals surface area contributed by atoms with Crippen LogP contribution in [0.2, 0.25) is 0 Å². The summed E-state index contributed by atoms with van der Waals surface area (Å²) in [6, 6.07) is 0. The molecular formula is C20H34N2O2. The van der Waals surface area contributed by atoms with E-state index >= 15 is 0 Å². The molecule has 4 heteroatoms. The zero-order valence-electron chi connectivity index (χ0n) is 15.1. The Labute approximate surface area is 146 Å². The third-order valence-electron chi connectivity index (χ3n) is 7.11. The van der Waals surface area contributed by atoms with Crippen molar-refractivity contribution in [2.24, 2.45) is 23.7 Å². The van der Waals surface area contributed by atoms with Crippen molar-refractivity contribution in [3.63, 3.8) is 0 Å². The molecule has 2 saturated carbocycles. The summed E-state index contributed by atoms with van der Waals surface area (Å²) in [6.07, 6.45) is 10.5. The van der Waals surface area contributed by atoms with Crippen molar-refractivity contribution in [3.05, 3.63) is 0 Å². The van der Waals surface area contributed by atoms with Crippen molar-refractivity contribution in [2.75, 3.05) is 45.9 Å². The first-order chi connectivity index (χ1) is 11.8. The highest BCUT2D eigenvalue weighted by molar-refractivity contribution is 5.79. The molecule has 0 aromatic rings. The fourth-order valence-electron chi connectivity index (χ4n) is 5.60. The van der Waals surface area contributed by atoms with Crippen LogP contribution in [0.15, 0.2) is 0 Å². The molecule has 2 heterocycles. The lowest BCUT2D eigenvalue weighted by Crippen LogP contribution is -2.52. The summed E-state index contributed by atoms with van der Waals surface area (Å²) in [6.45, 7) is 7.03. The maximum Gasteiger partial charge on any atom is 0.225 e. The van der Waals surface area contributed by atoms with Crippen molar-refractivity contribution < 1.29 is 9.53 Å². The lowest BCUT2D eigenvalue weighted by Gasteiger charge is -2.42. The average molecular weight is 335 g/mol. The van der Waals surface area contributed by atoms with Gasteiger partial charge < -0.3 is 9.64 Å². The van der Waals surface area contributed by atoms with Crippen molar-refractivity contribution >= 4 is 5.91 Å². The Hall–Kier alpha value is -0.610. The molecule has 0 radical (unpaired) electrons. The summed E-state index contributed by atoms with van der Waals surface area (Å²) >= 11 is 0. The fourth-order valence-corrected chi connectivity index (χ4v) is 5.60. The molecule has 4 fully saturated rings. The lowest BCUT2D eigenvalue weighted by molar-refractivity contribution is -0.139. The maximum atomic E-state index is 13.0. The summed E-state index contributed by atoms with van der Waals surface area (Å²) in [5.74, 6) is 3.31. The highest BCUT2D eigenvalue weighted by Crippen LogP contribution is 2.43. The van der Waals surface area contributed by atoms with Crippen molar-refractivity contribution in [2.45, 2.75) is 51.4 Å². The van der Waals surface area contributed by atoms with Crippen LogP contribution >= 0.6 is 0 Å². The van der Waals surface area contributed by atoms with Crippen LogP contribution in [0.3, 0.4) is 0 Å². The minimum Gasteiger partial charge on any atom is -0.381 e. The largest absolute Gasteiger partial charge is 0.381 e. The van der Waals surface area contributed by atoms with Crippen LogP contribution in [0, 0.1) is 23.7 Å². The van der Waals surface area contributed by atoms with Gasteiger partial charge in [-0.25, -0.2) is 0 Å². The number of nitrogens with zero attached hydrogens (tertiary/aromatic N) is 2. The smallest absolute Gasteiger partial charge is 0.225 e. The van der Waals surface area contributed by atoms with Crippen LogP contribution in [-0.2, 0) is 9.53 Å². The van der Waals surface area contributed by atoms with Gasteiger partial charge in [-0.1, -0.05) is 25.7 Å². The topological polar surface area (TPSA) is 32.8 Å². The van der Waals surface area contributed by atoms with Gasteiger partial charge in [0.05, 0.1) is 6.61 Å². The molecule has 0 aromatic heterocycles. The quantitative estimate of drug-likeness (QED) is 0.796. The molecule has 2 saturated heterocycles. The zero-order chi connectivity index (χ0) is 16.4. The Kier molecular flexibility index (Phi) is 5.43. The number of hydrogen-bond donors (Lipinski definition) is 0. The minimum absolute atomic E-state index is 0.333. The molecule has 0 N–H and O–H groups in total. The van der Waals surface area contributed by atoms with Gasteiger partial charge in [-0.3, -0.25) is 9.69 Å². The van der Waals surface area contributed by atoms with Crippen LogP contribution < -0.4 is 0 Å². The monoisotopic (exact) mass is 334 g/mol. The molecule has 1 amide bonds. The molecule has 4 nitrogen and oxygen atoms in total. The van der Waals surface area contributed by atoms with E-state index in [0.717, 1.165) is 64.2 Å². The number of fused-ring (bicyclic) bond motifs is 1. The molecule has 2 aliphatic carbocycles. The Bertz CT molecular complexity index is 427. The maximum absolute atomic E-state index is 13.0. The van der Waals surface area contributed by atoms with E-state index in [1.54, 1.807) is 0 Å². The molecule has 0 spiro atoms. The van der Waals surface area contributed by atoms with E-state index in [9.17, 15) is 4.79 Å². The predicted octanol–water partition coefficient (Wildman–Crippen LogP) is 2.77. The summed E-state index contributed by atoms with van der Waals surface area (Å²) in [7, 11) is 0. The molecule has 4 rings (SSSR count). The Morgan fingerprint density at radius 3 is 2.46 bits per heavy atom. The van der Waals surface area contributed by atoms with Crippen molar-refractivity contribution in [1.29, 1.82) is 0 Å². The molecule has 4 atom stereocenters. The lowest BCUT2D eigenvalue weighted by atomic mass is 9.67. The zero-order valence-corrected chi connectivity index (χ0v) is 15.1. The number of carbonyl (C=O) groups excluding carboxylic acids is 1. The van der Waals surface area contributed by atoms with E-state index in [-0.39, 0.29) is 0 Å². The third-order valence-corrected chi connectivity index (χ3v) is 7.11. The SMILES string of the molecule is O=C([C@H]1CC[C@H]2CCCC[C@@H]2C1)N1CCN(C[C@@H]2CCOC2)CC1. The van der Waals surface area contributed by atoms with Gasteiger partial charge in [0.2, 0.25) is 5.91 Å². The number of hydrogen-bond acceptors (Lipinski definition) is 3. The van der Waals surface area contributed by atoms with Crippen LogP contribution in [-0.4, -0.2) is 61.6 Å². The highest BCUT2D eigenvalue weighted by atomic mass is 16.5. The second kappa shape index (κ2) is 7.74. The van der Waals surface area contributed by atoms with E-state index in [2.05, 4.69) is 9.80 Å². The molecule has 4 aliphatic rings. The van der Waals surface area contributed by atoms with Gasteiger partial charge in [0.15, 0.2) is 0 Å². The second-order valence-corrected chi connectivity index (χ2v) is 8.67. The number of ether oxygens (including phenoxy) is 1. The first-order valence-electron chi connectivity index (χ1n) is 10.4. The van der Waals surface area contributed by atoms with Crippen LogP contribution in [0.4, 0.5) is 0 Å². The second-order valence-electron chi connectivity index (χ2n) is 8.67. The first kappa shape index (κ1) is 16.8. The number of piperazine rings is 1. The summed E-state index contributed by atoms with van der Waals surface area (Å²) in [5, 5.41) is 0.